The van der Waals surface area contributed by atoms with Gasteiger partial charge in [-0.15, -0.1) is 0 Å². The van der Waals surface area contributed by atoms with E-state index >= 15 is 0 Å². The quantitative estimate of drug-likeness (QED) is 0.686. The molecule has 32 heavy (non-hydrogen) atoms. The van der Waals surface area contributed by atoms with Crippen LogP contribution >= 0.6 is 11.6 Å². The van der Waals surface area contributed by atoms with Gasteiger partial charge in [-0.3, -0.25) is 4.79 Å². The fraction of sp³-hybridized carbons (Fsp3) is 0.435. The maximum atomic E-state index is 12.8. The highest BCUT2D eigenvalue weighted by atomic mass is 35.5. The van der Waals surface area contributed by atoms with Crippen LogP contribution in [0.15, 0.2) is 42.5 Å². The van der Waals surface area contributed by atoms with Crippen LogP contribution in [0.25, 0.3) is 0 Å². The minimum Gasteiger partial charge on any atom is -0.486 e. The first-order chi connectivity index (χ1) is 15.3. The number of amides is 1. The van der Waals surface area contributed by atoms with Crippen molar-refractivity contribution >= 4 is 27.5 Å². The third-order valence-corrected chi connectivity index (χ3v) is 7.97. The highest BCUT2D eigenvalue weighted by molar-refractivity contribution is 7.88. The Morgan fingerprint density at radius 3 is 2.56 bits per heavy atom. The molecule has 1 saturated heterocycles. The van der Waals surface area contributed by atoms with E-state index < -0.39 is 10.0 Å². The summed E-state index contributed by atoms with van der Waals surface area (Å²) in [4.78, 5) is 12.8. The molecule has 0 unspecified atom stereocenters. The Morgan fingerprint density at radius 2 is 1.84 bits per heavy atom. The van der Waals surface area contributed by atoms with Gasteiger partial charge in [-0.2, -0.15) is 0 Å². The van der Waals surface area contributed by atoms with Crippen molar-refractivity contribution in [1.29, 1.82) is 0 Å². The molecule has 2 heterocycles. The van der Waals surface area contributed by atoms with Gasteiger partial charge in [-0.05, 0) is 55.2 Å². The van der Waals surface area contributed by atoms with E-state index in [0.717, 1.165) is 5.56 Å². The van der Waals surface area contributed by atoms with Crippen LogP contribution < -0.4 is 14.8 Å². The number of nitrogens with one attached hydrogen (secondary N) is 1. The van der Waals surface area contributed by atoms with E-state index in [-0.39, 0.29) is 23.6 Å². The number of ether oxygens (including phenoxy) is 2. The number of sulfonamides is 1. The van der Waals surface area contributed by atoms with Crippen LogP contribution in [0.3, 0.4) is 0 Å². The lowest BCUT2D eigenvalue weighted by atomic mass is 9.96. The molecule has 9 heteroatoms. The third-order valence-electron chi connectivity index (χ3n) is 5.88. The maximum Gasteiger partial charge on any atom is 0.223 e. The molecule has 0 bridgehead atoms. The molecule has 1 N–H and O–H groups in total. The van der Waals surface area contributed by atoms with Gasteiger partial charge < -0.3 is 14.8 Å². The number of rotatable bonds is 6. The summed E-state index contributed by atoms with van der Waals surface area (Å²) >= 11 is 5.97. The van der Waals surface area contributed by atoms with E-state index in [1.807, 2.05) is 25.1 Å². The number of carbonyl (C=O) groups excluding carboxylic acids is 1. The van der Waals surface area contributed by atoms with Gasteiger partial charge in [0.15, 0.2) is 11.5 Å². The molecular weight excluding hydrogens is 452 g/mol. The molecule has 0 aliphatic carbocycles. The van der Waals surface area contributed by atoms with Gasteiger partial charge in [0.25, 0.3) is 0 Å². The van der Waals surface area contributed by atoms with Crippen molar-refractivity contribution in [3.63, 3.8) is 0 Å². The van der Waals surface area contributed by atoms with Gasteiger partial charge in [0, 0.05) is 24.0 Å². The molecule has 2 aromatic rings. The largest absolute Gasteiger partial charge is 0.486 e. The second kappa shape index (κ2) is 9.68. The minimum absolute atomic E-state index is 0.0562. The molecule has 172 valence electrons. The molecule has 1 amide bonds. The summed E-state index contributed by atoms with van der Waals surface area (Å²) < 4.78 is 38.2. The number of hydrogen-bond acceptors (Lipinski definition) is 5. The third kappa shape index (κ3) is 5.36. The molecular formula is C23H27ClN2O5S. The van der Waals surface area contributed by atoms with Gasteiger partial charge in [-0.1, -0.05) is 29.8 Å². The summed E-state index contributed by atoms with van der Waals surface area (Å²) in [5, 5.41) is 3.57. The molecule has 4 rings (SSSR count). The smallest absolute Gasteiger partial charge is 0.223 e. The van der Waals surface area contributed by atoms with Crippen molar-refractivity contribution in [2.24, 2.45) is 5.92 Å². The molecule has 1 atom stereocenters. The van der Waals surface area contributed by atoms with Crippen molar-refractivity contribution in [3.05, 3.63) is 58.6 Å². The number of fused-ring (bicyclic) bond motifs is 1. The van der Waals surface area contributed by atoms with Crippen LogP contribution in [-0.2, 0) is 20.6 Å². The second-order valence-corrected chi connectivity index (χ2v) is 10.6. The van der Waals surface area contributed by atoms with Crippen LogP contribution in [-0.4, -0.2) is 44.9 Å². The molecule has 0 aromatic heterocycles. The highest BCUT2D eigenvalue weighted by Crippen LogP contribution is 2.33. The maximum absolute atomic E-state index is 12.8. The molecule has 2 aromatic carbocycles. The molecule has 0 radical (unpaired) electrons. The SMILES string of the molecule is C[C@@H](NC(=O)C1CCN(S(=O)(=O)Cc2cccc(Cl)c2)CC1)c1ccc2c(c1)OCCO2. The van der Waals surface area contributed by atoms with Crippen LogP contribution in [0.1, 0.15) is 36.9 Å². The van der Waals surface area contributed by atoms with Gasteiger partial charge >= 0.3 is 0 Å². The lowest BCUT2D eigenvalue weighted by molar-refractivity contribution is -0.126. The fourth-order valence-corrected chi connectivity index (χ4v) is 5.83. The Hall–Kier alpha value is -2.29. The van der Waals surface area contributed by atoms with E-state index in [2.05, 4.69) is 5.32 Å². The van der Waals surface area contributed by atoms with Crippen molar-refractivity contribution in [2.45, 2.75) is 31.6 Å². The molecule has 0 spiro atoms. The van der Waals surface area contributed by atoms with Crippen LogP contribution in [0.5, 0.6) is 11.5 Å². The normalized spacial score (nSPS) is 18.2. The van der Waals surface area contributed by atoms with Gasteiger partial charge in [0.05, 0.1) is 11.8 Å². The number of halogens is 1. The van der Waals surface area contributed by atoms with E-state index in [0.29, 0.717) is 61.2 Å². The lowest BCUT2D eigenvalue weighted by Gasteiger charge is -2.31. The summed E-state index contributed by atoms with van der Waals surface area (Å²) in [5.41, 5.74) is 1.59. The summed E-state index contributed by atoms with van der Waals surface area (Å²) in [7, 11) is -3.46. The first-order valence-electron chi connectivity index (χ1n) is 10.7. The van der Waals surface area contributed by atoms with E-state index in [4.69, 9.17) is 21.1 Å². The second-order valence-electron chi connectivity index (χ2n) is 8.19. The zero-order valence-corrected chi connectivity index (χ0v) is 19.5. The topological polar surface area (TPSA) is 84.9 Å². The van der Waals surface area contributed by atoms with Crippen LogP contribution in [0, 0.1) is 5.92 Å². The molecule has 7 nitrogen and oxygen atoms in total. The number of nitrogens with zero attached hydrogens (tertiary/aromatic N) is 1. The Balaban J connectivity index is 1.31. The van der Waals surface area contributed by atoms with Crippen molar-refractivity contribution in [3.8, 4) is 11.5 Å². The van der Waals surface area contributed by atoms with Crippen molar-refractivity contribution < 1.29 is 22.7 Å². The minimum atomic E-state index is -3.46. The average Bonchev–Trinajstić information content (AvgIpc) is 2.78. The van der Waals surface area contributed by atoms with E-state index in [9.17, 15) is 13.2 Å². The average molecular weight is 479 g/mol. The number of benzene rings is 2. The zero-order chi connectivity index (χ0) is 22.7. The van der Waals surface area contributed by atoms with Crippen LogP contribution in [0.2, 0.25) is 5.02 Å². The Morgan fingerprint density at radius 1 is 1.12 bits per heavy atom. The Labute approximate surface area is 193 Å². The van der Waals surface area contributed by atoms with Crippen molar-refractivity contribution in [1.82, 2.24) is 9.62 Å². The van der Waals surface area contributed by atoms with Gasteiger partial charge in [0.2, 0.25) is 15.9 Å². The lowest BCUT2D eigenvalue weighted by Crippen LogP contribution is -2.43. The zero-order valence-electron chi connectivity index (χ0n) is 17.9. The molecule has 0 saturated carbocycles. The summed E-state index contributed by atoms with van der Waals surface area (Å²) in [6.07, 6.45) is 0.989. The monoisotopic (exact) mass is 478 g/mol. The Bertz CT molecular complexity index is 1080. The summed E-state index contributed by atoms with van der Waals surface area (Å²) in [6.45, 7) is 3.63. The van der Waals surface area contributed by atoms with E-state index in [1.165, 1.54) is 4.31 Å². The first-order valence-corrected chi connectivity index (χ1v) is 12.7. The molecule has 1 fully saturated rings. The van der Waals surface area contributed by atoms with Gasteiger partial charge in [0.1, 0.15) is 13.2 Å². The summed E-state index contributed by atoms with van der Waals surface area (Å²) in [6, 6.07) is 12.4. The van der Waals surface area contributed by atoms with Crippen molar-refractivity contribution in [2.75, 3.05) is 26.3 Å². The number of piperidine rings is 1. The number of carbonyl (C=O) groups is 1. The summed E-state index contributed by atoms with van der Waals surface area (Å²) in [5.74, 6) is 1.04. The highest BCUT2D eigenvalue weighted by Gasteiger charge is 2.31. The fourth-order valence-electron chi connectivity index (χ4n) is 4.07. The van der Waals surface area contributed by atoms with E-state index in [1.54, 1.807) is 24.3 Å². The predicted octanol–water partition coefficient (Wildman–Crippen LogP) is 3.53. The van der Waals surface area contributed by atoms with Crippen LogP contribution in [0.4, 0.5) is 0 Å². The standard InChI is InChI=1S/C23H27ClN2O5S/c1-16(19-5-6-21-22(14-19)31-12-11-30-21)25-23(27)18-7-9-26(10-8-18)32(28,29)15-17-3-2-4-20(24)13-17/h2-6,13-14,16,18H,7-12,15H2,1H3,(H,25,27)/t16-/m1/s1. The molecule has 2 aliphatic heterocycles. The van der Waals surface area contributed by atoms with Gasteiger partial charge in [-0.25, -0.2) is 12.7 Å². The predicted molar refractivity (Wildman–Crippen MR) is 122 cm³/mol. The number of hydrogen-bond donors (Lipinski definition) is 1. The Kier molecular flexibility index (Phi) is 6.93. The molecule has 2 aliphatic rings. The first kappa shape index (κ1) is 22.9.